The van der Waals surface area contributed by atoms with E-state index in [0.717, 1.165) is 37.8 Å². The van der Waals surface area contributed by atoms with Gasteiger partial charge in [0.05, 0.1) is 11.7 Å². The van der Waals surface area contributed by atoms with E-state index in [9.17, 15) is 18.0 Å². The fourth-order valence-electron chi connectivity index (χ4n) is 5.27. The van der Waals surface area contributed by atoms with Crippen molar-refractivity contribution in [1.82, 2.24) is 9.80 Å². The van der Waals surface area contributed by atoms with Crippen molar-refractivity contribution < 1.29 is 18.0 Å². The Balaban J connectivity index is 1.44. The first-order valence-corrected chi connectivity index (χ1v) is 11.3. The first kappa shape index (κ1) is 17.3. The third-order valence-corrected chi connectivity index (χ3v) is 9.81. The lowest BCUT2D eigenvalue weighted by molar-refractivity contribution is -0.144. The molecule has 3 saturated heterocycles. The molecule has 1 saturated carbocycles. The topological polar surface area (TPSA) is 74.8 Å². The average Bonchev–Trinajstić information content (AvgIpc) is 2.75. The molecule has 0 aromatic rings. The Morgan fingerprint density at radius 3 is 2.04 bits per heavy atom. The molecule has 140 valence electrons. The molecule has 25 heavy (non-hydrogen) atoms. The molecule has 0 aromatic heterocycles. The number of carbonyl (C=O) groups excluding carboxylic acids is 2. The molecule has 6 nitrogen and oxygen atoms in total. The lowest BCUT2D eigenvalue weighted by Gasteiger charge is -2.50. The molecule has 0 bridgehead atoms. The molecular weight excluding hydrogens is 340 g/mol. The molecule has 1 spiro atoms. The van der Waals surface area contributed by atoms with E-state index in [2.05, 4.69) is 0 Å². The van der Waals surface area contributed by atoms with Gasteiger partial charge in [0.25, 0.3) is 0 Å². The summed E-state index contributed by atoms with van der Waals surface area (Å²) in [4.78, 5) is 28.1. The molecule has 1 atom stereocenters. The molecule has 1 aliphatic carbocycles. The third kappa shape index (κ3) is 2.61. The number of hydrogen-bond acceptors (Lipinski definition) is 4. The number of amides is 2. The summed E-state index contributed by atoms with van der Waals surface area (Å²) in [7, 11) is -3.31. The van der Waals surface area contributed by atoms with Crippen LogP contribution in [-0.2, 0) is 19.4 Å². The quantitative estimate of drug-likeness (QED) is 0.730. The van der Waals surface area contributed by atoms with E-state index in [1.807, 2.05) is 4.90 Å². The molecule has 4 fully saturated rings. The van der Waals surface area contributed by atoms with Crippen molar-refractivity contribution in [3.8, 4) is 0 Å². The van der Waals surface area contributed by atoms with Gasteiger partial charge < -0.3 is 9.80 Å². The summed E-state index contributed by atoms with van der Waals surface area (Å²) in [5, 5.41) is 0. The van der Waals surface area contributed by atoms with Crippen molar-refractivity contribution in [1.29, 1.82) is 0 Å². The minimum atomic E-state index is -3.31. The third-order valence-electron chi connectivity index (χ3n) is 7.26. The van der Waals surface area contributed by atoms with E-state index in [0.29, 0.717) is 6.42 Å². The smallest absolute Gasteiger partial charge is 0.227 e. The first-order valence-electron chi connectivity index (χ1n) is 9.61. The SMILES string of the molecule is CC(=O)N1CC2(C1)C(C(=O)N1CCC(C3CCC3)CC1)CCS2(=O)=O. The van der Waals surface area contributed by atoms with E-state index in [1.165, 1.54) is 26.2 Å². The molecule has 4 aliphatic rings. The fourth-order valence-corrected chi connectivity index (χ4v) is 7.58. The summed E-state index contributed by atoms with van der Waals surface area (Å²) in [6, 6.07) is 0. The molecule has 0 N–H and O–H groups in total. The van der Waals surface area contributed by atoms with Gasteiger partial charge in [-0.25, -0.2) is 8.42 Å². The summed E-state index contributed by atoms with van der Waals surface area (Å²) < 4.78 is 24.2. The Kier molecular flexibility index (Phi) is 4.13. The summed E-state index contributed by atoms with van der Waals surface area (Å²) >= 11 is 0. The minimum Gasteiger partial charge on any atom is -0.342 e. The highest BCUT2D eigenvalue weighted by molar-refractivity contribution is 7.93. The van der Waals surface area contributed by atoms with Gasteiger partial charge in [0.2, 0.25) is 11.8 Å². The van der Waals surface area contributed by atoms with Crippen LogP contribution >= 0.6 is 0 Å². The molecule has 3 aliphatic heterocycles. The van der Waals surface area contributed by atoms with Crippen LogP contribution in [0.2, 0.25) is 0 Å². The van der Waals surface area contributed by atoms with Gasteiger partial charge >= 0.3 is 0 Å². The Bertz CT molecular complexity index is 671. The maximum absolute atomic E-state index is 13.1. The molecule has 2 amide bonds. The Labute approximate surface area is 149 Å². The largest absolute Gasteiger partial charge is 0.342 e. The van der Waals surface area contributed by atoms with Crippen LogP contribution in [0.1, 0.15) is 45.4 Å². The molecule has 3 heterocycles. The van der Waals surface area contributed by atoms with Crippen LogP contribution in [0.3, 0.4) is 0 Å². The zero-order valence-corrected chi connectivity index (χ0v) is 15.8. The number of hydrogen-bond donors (Lipinski definition) is 0. The average molecular weight is 368 g/mol. The van der Waals surface area contributed by atoms with Crippen LogP contribution in [0.4, 0.5) is 0 Å². The molecular formula is C18H28N2O4S. The highest BCUT2D eigenvalue weighted by Gasteiger charge is 2.64. The van der Waals surface area contributed by atoms with Crippen molar-refractivity contribution in [2.24, 2.45) is 17.8 Å². The van der Waals surface area contributed by atoms with Crippen LogP contribution in [0.15, 0.2) is 0 Å². The lowest BCUT2D eigenvalue weighted by atomic mass is 9.72. The lowest BCUT2D eigenvalue weighted by Crippen LogP contribution is -2.70. The predicted octanol–water partition coefficient (Wildman–Crippen LogP) is 1.06. The van der Waals surface area contributed by atoms with Crippen molar-refractivity contribution in [3.63, 3.8) is 0 Å². The van der Waals surface area contributed by atoms with Gasteiger partial charge in [-0.05, 0) is 31.1 Å². The van der Waals surface area contributed by atoms with E-state index in [-0.39, 0.29) is 30.7 Å². The summed E-state index contributed by atoms with van der Waals surface area (Å²) in [5.74, 6) is 1.11. The van der Waals surface area contributed by atoms with Crippen LogP contribution < -0.4 is 0 Å². The van der Waals surface area contributed by atoms with E-state index in [4.69, 9.17) is 0 Å². The van der Waals surface area contributed by atoms with Gasteiger partial charge in [0, 0.05) is 33.1 Å². The van der Waals surface area contributed by atoms with Gasteiger partial charge in [0.15, 0.2) is 9.84 Å². The maximum Gasteiger partial charge on any atom is 0.227 e. The summed E-state index contributed by atoms with van der Waals surface area (Å²) in [6.45, 7) is 3.38. The second-order valence-corrected chi connectivity index (χ2v) is 10.9. The van der Waals surface area contributed by atoms with Crippen LogP contribution in [0.25, 0.3) is 0 Å². The minimum absolute atomic E-state index is 0.0105. The summed E-state index contributed by atoms with van der Waals surface area (Å²) in [6.07, 6.45) is 6.55. The number of carbonyl (C=O) groups is 2. The highest BCUT2D eigenvalue weighted by Crippen LogP contribution is 2.46. The zero-order chi connectivity index (χ0) is 17.8. The van der Waals surface area contributed by atoms with E-state index in [1.54, 1.807) is 4.90 Å². The number of sulfone groups is 1. The first-order chi connectivity index (χ1) is 11.8. The Morgan fingerprint density at radius 1 is 0.920 bits per heavy atom. The number of likely N-dealkylation sites (tertiary alicyclic amines) is 2. The van der Waals surface area contributed by atoms with Crippen molar-refractivity contribution in [2.75, 3.05) is 31.9 Å². The Morgan fingerprint density at radius 2 is 1.52 bits per heavy atom. The van der Waals surface area contributed by atoms with Crippen LogP contribution in [0.5, 0.6) is 0 Å². The molecule has 0 radical (unpaired) electrons. The van der Waals surface area contributed by atoms with Gasteiger partial charge in [-0.2, -0.15) is 0 Å². The van der Waals surface area contributed by atoms with Gasteiger partial charge in [0.1, 0.15) is 4.75 Å². The van der Waals surface area contributed by atoms with Gasteiger partial charge in [-0.15, -0.1) is 0 Å². The second-order valence-electron chi connectivity index (χ2n) is 8.45. The molecule has 0 aromatic carbocycles. The monoisotopic (exact) mass is 368 g/mol. The molecule has 1 unspecified atom stereocenters. The van der Waals surface area contributed by atoms with E-state index >= 15 is 0 Å². The summed E-state index contributed by atoms with van der Waals surface area (Å²) in [5.41, 5.74) is 0. The highest BCUT2D eigenvalue weighted by atomic mass is 32.2. The van der Waals surface area contributed by atoms with Crippen LogP contribution in [-0.4, -0.2) is 66.7 Å². The zero-order valence-electron chi connectivity index (χ0n) is 14.9. The number of piperidine rings is 1. The molecule has 4 rings (SSSR count). The number of rotatable bonds is 2. The standard InChI is InChI=1S/C18H28N2O4S/c1-13(21)20-11-18(12-20)16(7-10-25(18,23)24)17(22)19-8-5-15(6-9-19)14-3-2-4-14/h14-16H,2-12H2,1H3. The van der Waals surface area contributed by atoms with E-state index < -0.39 is 20.5 Å². The fraction of sp³-hybridized carbons (Fsp3) is 0.889. The normalized spacial score (nSPS) is 31.6. The van der Waals surface area contributed by atoms with Crippen LogP contribution in [0, 0.1) is 17.8 Å². The maximum atomic E-state index is 13.1. The number of nitrogens with zero attached hydrogens (tertiary/aromatic N) is 2. The van der Waals surface area contributed by atoms with Gasteiger partial charge in [-0.1, -0.05) is 19.3 Å². The predicted molar refractivity (Wildman–Crippen MR) is 93.5 cm³/mol. The molecule has 7 heteroatoms. The van der Waals surface area contributed by atoms with Crippen molar-refractivity contribution >= 4 is 21.7 Å². The van der Waals surface area contributed by atoms with Crippen molar-refractivity contribution in [2.45, 2.75) is 50.2 Å². The second kappa shape index (κ2) is 5.96. The Hall–Kier alpha value is -1.11. The van der Waals surface area contributed by atoms with Gasteiger partial charge in [-0.3, -0.25) is 9.59 Å². The van der Waals surface area contributed by atoms with Crippen molar-refractivity contribution in [3.05, 3.63) is 0 Å².